The van der Waals surface area contributed by atoms with Gasteiger partial charge in [0.2, 0.25) is 10.0 Å². The van der Waals surface area contributed by atoms with E-state index in [-0.39, 0.29) is 16.0 Å². The molecule has 0 amide bonds. The van der Waals surface area contributed by atoms with Crippen LogP contribution in [0.2, 0.25) is 5.02 Å². The third kappa shape index (κ3) is 2.72. The highest BCUT2D eigenvalue weighted by Crippen LogP contribution is 2.22. The van der Waals surface area contributed by atoms with E-state index < -0.39 is 10.0 Å². The maximum atomic E-state index is 12.1. The van der Waals surface area contributed by atoms with Crippen LogP contribution in [-0.2, 0) is 10.0 Å². The molecule has 0 aliphatic heterocycles. The minimum Gasteiger partial charge on any atom is -0.285 e. The molecule has 0 aliphatic rings. The van der Waals surface area contributed by atoms with Crippen molar-refractivity contribution in [3.05, 3.63) is 47.2 Å². The molecule has 0 saturated carbocycles. The van der Waals surface area contributed by atoms with Gasteiger partial charge in [-0.1, -0.05) is 23.7 Å². The Kier molecular flexibility index (Phi) is 3.70. The number of nitrogens with zero attached hydrogens (tertiary/aromatic N) is 1. The van der Waals surface area contributed by atoms with Gasteiger partial charge in [0.1, 0.15) is 4.90 Å². The van der Waals surface area contributed by atoms with Gasteiger partial charge in [0.15, 0.2) is 0 Å². The third-order valence-electron chi connectivity index (χ3n) is 2.48. The zero-order valence-electron chi connectivity index (χ0n) is 9.59. The van der Waals surface area contributed by atoms with Crippen LogP contribution in [0.25, 0.3) is 0 Å². The van der Waals surface area contributed by atoms with Crippen molar-refractivity contribution >= 4 is 21.6 Å². The topological polar surface area (TPSA) is 74.8 Å². The van der Waals surface area contributed by atoms with Gasteiger partial charge in [0.05, 0.1) is 11.2 Å². The lowest BCUT2D eigenvalue weighted by atomic mass is 10.2. The van der Waals surface area contributed by atoms with E-state index in [1.807, 2.05) is 0 Å². The molecule has 1 aromatic heterocycles. The molecule has 0 spiro atoms. The van der Waals surface area contributed by atoms with Crippen LogP contribution in [0.5, 0.6) is 0 Å². The zero-order valence-corrected chi connectivity index (χ0v) is 11.2. The minimum atomic E-state index is -3.64. The van der Waals surface area contributed by atoms with E-state index in [1.165, 1.54) is 6.07 Å². The molecule has 0 aliphatic carbocycles. The van der Waals surface area contributed by atoms with Crippen LogP contribution >= 0.6 is 11.6 Å². The fourth-order valence-electron chi connectivity index (χ4n) is 1.52. The lowest BCUT2D eigenvalue weighted by Gasteiger charge is -2.13. The first-order valence-electron chi connectivity index (χ1n) is 5.26. The molecule has 5 nitrogen and oxygen atoms in total. The Morgan fingerprint density at radius 2 is 2.11 bits per heavy atom. The highest BCUT2D eigenvalue weighted by Gasteiger charge is 2.20. The van der Waals surface area contributed by atoms with Gasteiger partial charge in [-0.2, -0.15) is 5.10 Å². The van der Waals surface area contributed by atoms with Gasteiger partial charge < -0.3 is 0 Å². The normalized spacial score (nSPS) is 13.4. The molecule has 2 aromatic rings. The second kappa shape index (κ2) is 5.09. The number of benzene rings is 1. The first-order chi connectivity index (χ1) is 8.50. The predicted molar refractivity (Wildman–Crippen MR) is 68.8 cm³/mol. The van der Waals surface area contributed by atoms with Gasteiger partial charge in [0.25, 0.3) is 0 Å². The van der Waals surface area contributed by atoms with Crippen LogP contribution < -0.4 is 4.72 Å². The van der Waals surface area contributed by atoms with Crippen molar-refractivity contribution in [2.24, 2.45) is 0 Å². The van der Waals surface area contributed by atoms with Crippen molar-refractivity contribution in [1.29, 1.82) is 0 Å². The molecule has 0 fully saturated rings. The third-order valence-corrected chi connectivity index (χ3v) is 4.52. The van der Waals surface area contributed by atoms with Crippen LogP contribution in [-0.4, -0.2) is 18.6 Å². The van der Waals surface area contributed by atoms with E-state index >= 15 is 0 Å². The summed E-state index contributed by atoms with van der Waals surface area (Å²) >= 11 is 5.88. The van der Waals surface area contributed by atoms with Crippen LogP contribution in [0.3, 0.4) is 0 Å². The number of aromatic amines is 1. The lowest BCUT2D eigenvalue weighted by molar-refractivity contribution is 0.567. The SMILES string of the molecule is CC(NS(=O)(=O)c1ccccc1Cl)c1cn[nH]c1. The molecule has 96 valence electrons. The summed E-state index contributed by atoms with van der Waals surface area (Å²) in [5.74, 6) is 0. The molecule has 18 heavy (non-hydrogen) atoms. The second-order valence-electron chi connectivity index (χ2n) is 3.81. The van der Waals surface area contributed by atoms with Crippen molar-refractivity contribution in [2.45, 2.75) is 17.9 Å². The monoisotopic (exact) mass is 285 g/mol. The van der Waals surface area contributed by atoms with E-state index in [0.29, 0.717) is 0 Å². The number of hydrogen-bond donors (Lipinski definition) is 2. The zero-order chi connectivity index (χ0) is 13.2. The Morgan fingerprint density at radius 3 is 2.72 bits per heavy atom. The van der Waals surface area contributed by atoms with Gasteiger partial charge in [-0.05, 0) is 19.1 Å². The molecule has 7 heteroatoms. The second-order valence-corrected chi connectivity index (χ2v) is 5.89. The van der Waals surface area contributed by atoms with E-state index in [2.05, 4.69) is 14.9 Å². The quantitative estimate of drug-likeness (QED) is 0.903. The number of rotatable bonds is 4. The van der Waals surface area contributed by atoms with Gasteiger partial charge in [0, 0.05) is 17.8 Å². The molecule has 0 radical (unpaired) electrons. The van der Waals surface area contributed by atoms with E-state index in [9.17, 15) is 8.42 Å². The van der Waals surface area contributed by atoms with Crippen LogP contribution in [0.4, 0.5) is 0 Å². The van der Waals surface area contributed by atoms with E-state index in [0.717, 1.165) is 5.56 Å². The average molecular weight is 286 g/mol. The van der Waals surface area contributed by atoms with Gasteiger partial charge in [-0.15, -0.1) is 0 Å². The summed E-state index contributed by atoms with van der Waals surface area (Å²) in [6.45, 7) is 1.74. The van der Waals surface area contributed by atoms with Crippen LogP contribution in [0.15, 0.2) is 41.6 Å². The average Bonchev–Trinajstić information content (AvgIpc) is 2.82. The highest BCUT2D eigenvalue weighted by atomic mass is 35.5. The summed E-state index contributed by atoms with van der Waals surface area (Å²) < 4.78 is 26.8. The Balaban J connectivity index is 2.26. The van der Waals surface area contributed by atoms with Crippen molar-refractivity contribution in [1.82, 2.24) is 14.9 Å². The largest absolute Gasteiger partial charge is 0.285 e. The molecule has 1 heterocycles. The summed E-state index contributed by atoms with van der Waals surface area (Å²) in [5, 5.41) is 6.61. The number of hydrogen-bond acceptors (Lipinski definition) is 3. The van der Waals surface area contributed by atoms with Crippen LogP contribution in [0.1, 0.15) is 18.5 Å². The summed E-state index contributed by atoms with van der Waals surface area (Å²) in [5.41, 5.74) is 0.755. The molecule has 0 bridgehead atoms. The summed E-state index contributed by atoms with van der Waals surface area (Å²) in [6.07, 6.45) is 3.21. The van der Waals surface area contributed by atoms with Crippen molar-refractivity contribution < 1.29 is 8.42 Å². The smallest absolute Gasteiger partial charge is 0.242 e. The molecule has 1 atom stereocenters. The number of halogens is 1. The predicted octanol–water partition coefficient (Wildman–Crippen LogP) is 2.10. The molecule has 2 N–H and O–H groups in total. The lowest BCUT2D eigenvalue weighted by Crippen LogP contribution is -2.26. The molecular formula is C11H12ClN3O2S. The van der Waals surface area contributed by atoms with E-state index in [4.69, 9.17) is 11.6 Å². The van der Waals surface area contributed by atoms with Crippen molar-refractivity contribution in [3.8, 4) is 0 Å². The molecule has 2 rings (SSSR count). The molecule has 0 saturated heterocycles. The van der Waals surface area contributed by atoms with Crippen molar-refractivity contribution in [2.75, 3.05) is 0 Å². The summed E-state index contributed by atoms with van der Waals surface area (Å²) in [7, 11) is -3.64. The summed E-state index contributed by atoms with van der Waals surface area (Å²) in [6, 6.07) is 5.93. The maximum Gasteiger partial charge on any atom is 0.242 e. The Morgan fingerprint density at radius 1 is 1.39 bits per heavy atom. The highest BCUT2D eigenvalue weighted by molar-refractivity contribution is 7.89. The molecule has 1 aromatic carbocycles. The Labute approximate surface area is 110 Å². The fraction of sp³-hybridized carbons (Fsp3) is 0.182. The van der Waals surface area contributed by atoms with Crippen LogP contribution in [0, 0.1) is 0 Å². The minimum absolute atomic E-state index is 0.0713. The Bertz CT molecular complexity index is 625. The Hall–Kier alpha value is -1.37. The van der Waals surface area contributed by atoms with Gasteiger partial charge >= 0.3 is 0 Å². The molecule has 1 unspecified atom stereocenters. The number of aromatic nitrogens is 2. The first kappa shape index (κ1) is 13.1. The van der Waals surface area contributed by atoms with Gasteiger partial charge in [-0.3, -0.25) is 5.10 Å². The first-order valence-corrected chi connectivity index (χ1v) is 7.12. The van der Waals surface area contributed by atoms with Crippen molar-refractivity contribution in [3.63, 3.8) is 0 Å². The standard InChI is InChI=1S/C11H12ClN3O2S/c1-8(9-6-13-14-7-9)15-18(16,17)11-5-3-2-4-10(11)12/h2-8,15H,1H3,(H,13,14). The number of sulfonamides is 1. The summed E-state index contributed by atoms with van der Waals surface area (Å²) in [4.78, 5) is 0.0713. The molecular weight excluding hydrogens is 274 g/mol. The van der Waals surface area contributed by atoms with E-state index in [1.54, 1.807) is 37.5 Å². The maximum absolute atomic E-state index is 12.1. The fourth-order valence-corrected chi connectivity index (χ4v) is 3.28. The number of H-pyrrole nitrogens is 1. The number of nitrogens with one attached hydrogen (secondary N) is 2. The van der Waals surface area contributed by atoms with Gasteiger partial charge in [-0.25, -0.2) is 13.1 Å².